The SMILES string of the molecule is CC1(C)c2c(cccc2-c2c3ccccc3c(-c3ccc(-c4ccc5ccccc5c4)cc3)c3ccccc23)-c2ccc3ccccc3c21.CC1(C)c2c(cccc2-c2c3ccccc3c(-c3ccc4ccccc4c3)c3ccccc23)-c2ccc3ccccc3c21.CC1(C)c2c(cccc2-c2c3ccccc3c(-c3ccc4oc5ccccc5c4c3)c3ccccc23)-c2ccc3ccccc3c21. The van der Waals surface area contributed by atoms with E-state index >= 15 is 0 Å². The van der Waals surface area contributed by atoms with Gasteiger partial charge in [0, 0.05) is 27.0 Å². The van der Waals surface area contributed by atoms with Crippen LogP contribution in [0.2, 0.25) is 0 Å². The van der Waals surface area contributed by atoms with Crippen LogP contribution in [0.15, 0.2) is 465 Å². The first-order chi connectivity index (χ1) is 67.8. The fourth-order valence-electron chi connectivity index (χ4n) is 25.5. The van der Waals surface area contributed by atoms with E-state index in [4.69, 9.17) is 4.42 Å². The lowest BCUT2D eigenvalue weighted by atomic mass is 9.76. The zero-order chi connectivity index (χ0) is 92.0. The summed E-state index contributed by atoms with van der Waals surface area (Å²) in [5, 5.41) is 30.8. The van der Waals surface area contributed by atoms with E-state index in [2.05, 4.69) is 497 Å². The molecule has 1 aromatic heterocycles. The second-order valence-electron chi connectivity index (χ2n) is 39.7. The molecular formula is C137H94O. The molecule has 0 fully saturated rings. The Bertz CT molecular complexity index is 9510. The molecule has 0 spiro atoms. The van der Waals surface area contributed by atoms with Crippen molar-refractivity contribution in [2.75, 3.05) is 0 Å². The molecule has 0 amide bonds. The van der Waals surface area contributed by atoms with Gasteiger partial charge in [-0.25, -0.2) is 0 Å². The predicted molar refractivity (Wildman–Crippen MR) is 590 cm³/mol. The summed E-state index contributed by atoms with van der Waals surface area (Å²) < 4.78 is 6.21. The van der Waals surface area contributed by atoms with Crippen LogP contribution in [0.1, 0.15) is 74.9 Å². The van der Waals surface area contributed by atoms with E-state index in [1.807, 2.05) is 6.07 Å². The normalized spacial score (nSPS) is 13.5. The highest BCUT2D eigenvalue weighted by atomic mass is 16.3. The Hall–Kier alpha value is -16.8. The van der Waals surface area contributed by atoms with Gasteiger partial charge in [0.2, 0.25) is 0 Å². The lowest BCUT2D eigenvalue weighted by molar-refractivity contribution is 0.668. The van der Waals surface area contributed by atoms with Crippen LogP contribution in [0.4, 0.5) is 0 Å². The van der Waals surface area contributed by atoms with E-state index in [-0.39, 0.29) is 16.2 Å². The highest BCUT2D eigenvalue weighted by Gasteiger charge is 2.43. The van der Waals surface area contributed by atoms with Crippen molar-refractivity contribution < 1.29 is 4.42 Å². The van der Waals surface area contributed by atoms with Crippen LogP contribution in [0.25, 0.3) is 252 Å². The molecule has 0 saturated carbocycles. The van der Waals surface area contributed by atoms with Crippen molar-refractivity contribution in [3.63, 3.8) is 0 Å². The molecule has 29 rings (SSSR count). The molecule has 138 heavy (non-hydrogen) atoms. The number of furan rings is 1. The van der Waals surface area contributed by atoms with Gasteiger partial charge in [0.1, 0.15) is 11.2 Å². The number of fused-ring (bicyclic) bond motifs is 26. The monoisotopic (exact) mass is 1750 g/mol. The molecule has 648 valence electrons. The van der Waals surface area contributed by atoms with Crippen molar-refractivity contribution in [1.82, 2.24) is 0 Å². The Morgan fingerprint density at radius 3 is 0.725 bits per heavy atom. The minimum Gasteiger partial charge on any atom is -0.456 e. The van der Waals surface area contributed by atoms with Crippen LogP contribution >= 0.6 is 0 Å². The Kier molecular flexibility index (Phi) is 18.2. The van der Waals surface area contributed by atoms with Gasteiger partial charge in [-0.2, -0.15) is 0 Å². The molecule has 3 aliphatic rings. The third-order valence-corrected chi connectivity index (χ3v) is 31.2. The van der Waals surface area contributed by atoms with E-state index < -0.39 is 0 Å². The van der Waals surface area contributed by atoms with Gasteiger partial charge >= 0.3 is 0 Å². The van der Waals surface area contributed by atoms with Gasteiger partial charge in [-0.05, 0) is 293 Å². The number of rotatable bonds is 7. The molecule has 0 saturated heterocycles. The molecule has 0 aliphatic heterocycles. The standard InChI is InChI=1S/C49H34.C45H30O.C43H30/c1-49(2)47-37-15-6-5-13-33(37)28-29-43(47)42-20-11-21-44(48(42)49)46-40-18-9-7-16-38(40)45(39-17-8-10-19-41(39)46)34-25-22-32(23-26-34)36-27-24-31-12-3-4-14-35(31)30-36;1-45(2)43-29-13-4-3-12-27(29)22-24-36(43)35-19-11-20-37(44(35)45)42-33-17-7-5-15-31(33)41(32-16-6-8-18-34(32)42)28-23-25-40-38(26-28)30-14-9-10-21-39(30)46-40;1-43(2)41-31-15-6-5-13-28(31)24-25-37(41)36-20-11-21-38(42(36)43)40-34-18-9-7-16-32(34)39(33-17-8-10-19-35(33)40)30-23-22-27-12-3-4-14-29(27)26-30/h3-30H,1-2H3;3-26H,1-2H3;3-26H,1-2H3. The van der Waals surface area contributed by atoms with Gasteiger partial charge in [0.15, 0.2) is 0 Å². The molecule has 1 heterocycles. The van der Waals surface area contributed by atoms with Crippen LogP contribution in [0.5, 0.6) is 0 Å². The maximum atomic E-state index is 6.21. The lowest BCUT2D eigenvalue weighted by Crippen LogP contribution is -2.17. The molecule has 0 atom stereocenters. The van der Waals surface area contributed by atoms with Crippen LogP contribution in [-0.4, -0.2) is 0 Å². The van der Waals surface area contributed by atoms with Crippen molar-refractivity contribution in [2.45, 2.75) is 57.8 Å². The van der Waals surface area contributed by atoms with Gasteiger partial charge in [-0.3, -0.25) is 0 Å². The van der Waals surface area contributed by atoms with Gasteiger partial charge in [-0.15, -0.1) is 0 Å². The highest BCUT2D eigenvalue weighted by Crippen LogP contribution is 2.61. The summed E-state index contributed by atoms with van der Waals surface area (Å²) >= 11 is 0. The summed E-state index contributed by atoms with van der Waals surface area (Å²) in [6, 6.07) is 170. The molecule has 0 radical (unpaired) electrons. The fourth-order valence-corrected chi connectivity index (χ4v) is 25.5. The zero-order valence-electron chi connectivity index (χ0n) is 77.8. The van der Waals surface area contributed by atoms with Crippen molar-refractivity contribution in [3.8, 4) is 111 Å². The largest absolute Gasteiger partial charge is 0.456 e. The van der Waals surface area contributed by atoms with Crippen LogP contribution < -0.4 is 0 Å². The van der Waals surface area contributed by atoms with E-state index in [1.165, 1.54) is 263 Å². The lowest BCUT2D eigenvalue weighted by Gasteiger charge is -2.27. The Balaban J connectivity index is 0.000000105. The fraction of sp³-hybridized carbons (Fsp3) is 0.0657. The van der Waals surface area contributed by atoms with Crippen molar-refractivity contribution >= 4 is 140 Å². The summed E-state index contributed by atoms with van der Waals surface area (Å²) in [5.74, 6) is 0. The summed E-state index contributed by atoms with van der Waals surface area (Å²) in [7, 11) is 0. The first kappa shape index (κ1) is 80.8. The third kappa shape index (κ3) is 12.2. The summed E-state index contributed by atoms with van der Waals surface area (Å²) in [4.78, 5) is 0. The Morgan fingerprint density at radius 2 is 0.362 bits per heavy atom. The molecule has 0 N–H and O–H groups in total. The third-order valence-electron chi connectivity index (χ3n) is 31.2. The highest BCUT2D eigenvalue weighted by molar-refractivity contribution is 6.27. The van der Waals surface area contributed by atoms with Gasteiger partial charge in [-0.1, -0.05) is 472 Å². The smallest absolute Gasteiger partial charge is 0.135 e. The van der Waals surface area contributed by atoms with Gasteiger partial charge < -0.3 is 4.42 Å². The number of para-hydroxylation sites is 1. The summed E-state index contributed by atoms with van der Waals surface area (Å²) in [6.07, 6.45) is 0. The summed E-state index contributed by atoms with van der Waals surface area (Å²) in [5.41, 5.74) is 36.0. The molecule has 1 heteroatoms. The molecule has 0 unspecified atom stereocenters. The van der Waals surface area contributed by atoms with Crippen molar-refractivity contribution in [2.24, 2.45) is 0 Å². The number of benzene rings is 25. The second-order valence-corrected chi connectivity index (χ2v) is 39.7. The first-order valence-electron chi connectivity index (χ1n) is 48.6. The van der Waals surface area contributed by atoms with Gasteiger partial charge in [0.25, 0.3) is 0 Å². The molecule has 26 aromatic rings. The molecular weight excluding hydrogens is 1660 g/mol. The quantitative estimate of drug-likeness (QED) is 0.145. The predicted octanol–water partition coefficient (Wildman–Crippen LogP) is 38.2. The maximum Gasteiger partial charge on any atom is 0.135 e. The van der Waals surface area contributed by atoms with E-state index in [0.717, 1.165) is 21.9 Å². The average Bonchev–Trinajstić information content (AvgIpc) is 1.52. The molecule has 1 nitrogen and oxygen atoms in total. The molecule has 0 bridgehead atoms. The Morgan fingerprint density at radius 1 is 0.130 bits per heavy atom. The van der Waals surface area contributed by atoms with Crippen molar-refractivity contribution in [1.29, 1.82) is 0 Å². The van der Waals surface area contributed by atoms with E-state index in [0.29, 0.717) is 0 Å². The number of hydrogen-bond donors (Lipinski definition) is 0. The minimum absolute atomic E-state index is 0.151. The maximum absolute atomic E-state index is 6.21. The average molecular weight is 1760 g/mol. The van der Waals surface area contributed by atoms with Crippen molar-refractivity contribution in [3.05, 3.63) is 494 Å². The van der Waals surface area contributed by atoms with Crippen LogP contribution in [-0.2, 0) is 16.2 Å². The molecule has 25 aromatic carbocycles. The second kappa shape index (κ2) is 31.1. The minimum atomic E-state index is -0.170. The van der Waals surface area contributed by atoms with Crippen LogP contribution in [0, 0.1) is 0 Å². The Labute approximate surface area is 802 Å². The summed E-state index contributed by atoms with van der Waals surface area (Å²) in [6.45, 7) is 14.5. The van der Waals surface area contributed by atoms with Gasteiger partial charge in [0.05, 0.1) is 0 Å². The van der Waals surface area contributed by atoms with E-state index in [9.17, 15) is 0 Å². The topological polar surface area (TPSA) is 13.1 Å². The zero-order valence-corrected chi connectivity index (χ0v) is 77.8. The van der Waals surface area contributed by atoms with Crippen LogP contribution in [0.3, 0.4) is 0 Å². The molecule has 3 aliphatic carbocycles. The first-order valence-corrected chi connectivity index (χ1v) is 48.6. The number of hydrogen-bond acceptors (Lipinski definition) is 1. The van der Waals surface area contributed by atoms with E-state index in [1.54, 1.807) is 0 Å².